The molecule has 3 N–H and O–H groups in total. The highest BCUT2D eigenvalue weighted by Gasteiger charge is 2.36. The van der Waals surface area contributed by atoms with Crippen molar-refractivity contribution in [2.45, 2.75) is 46.0 Å². The van der Waals surface area contributed by atoms with Crippen LogP contribution in [-0.4, -0.2) is 42.9 Å². The normalized spacial score (nSPS) is 28.9. The fraction of sp³-hybridized carbons (Fsp3) is 0.882. The molecule has 0 aromatic heterocycles. The van der Waals surface area contributed by atoms with Crippen LogP contribution in [0, 0.1) is 23.7 Å². The van der Waals surface area contributed by atoms with Gasteiger partial charge < -0.3 is 16.0 Å². The number of amides is 2. The molecule has 2 aliphatic rings. The molecule has 0 radical (unpaired) electrons. The number of hydrogen-bond donors (Lipinski definition) is 2. The summed E-state index contributed by atoms with van der Waals surface area (Å²) in [7, 11) is 0. The van der Waals surface area contributed by atoms with Gasteiger partial charge in [-0.25, -0.2) is 0 Å². The highest BCUT2D eigenvalue weighted by Crippen LogP contribution is 2.33. The quantitative estimate of drug-likeness (QED) is 0.805. The molecule has 1 unspecified atom stereocenters. The smallest absolute Gasteiger partial charge is 0.226 e. The minimum atomic E-state index is 0.0186. The van der Waals surface area contributed by atoms with Gasteiger partial charge in [0.2, 0.25) is 11.8 Å². The highest BCUT2D eigenvalue weighted by molar-refractivity contribution is 5.80. The van der Waals surface area contributed by atoms with Gasteiger partial charge in [-0.15, -0.1) is 0 Å². The van der Waals surface area contributed by atoms with Crippen LogP contribution in [0.1, 0.15) is 46.0 Å². The monoisotopic (exact) mass is 309 g/mol. The predicted molar refractivity (Wildman–Crippen MR) is 87.0 cm³/mol. The predicted octanol–water partition coefficient (Wildman–Crippen LogP) is 1.37. The van der Waals surface area contributed by atoms with Crippen LogP contribution in [0.4, 0.5) is 0 Å². The summed E-state index contributed by atoms with van der Waals surface area (Å²) >= 11 is 0. The second-order valence-electron chi connectivity index (χ2n) is 7.23. The van der Waals surface area contributed by atoms with Gasteiger partial charge in [-0.05, 0) is 44.1 Å². The lowest BCUT2D eigenvalue weighted by atomic mass is 9.92. The van der Waals surface area contributed by atoms with Crippen LogP contribution in [0.2, 0.25) is 0 Å². The third-order valence-corrected chi connectivity index (χ3v) is 5.20. The van der Waals surface area contributed by atoms with E-state index in [2.05, 4.69) is 5.32 Å². The molecule has 5 heteroatoms. The van der Waals surface area contributed by atoms with Crippen molar-refractivity contribution in [2.75, 3.05) is 26.2 Å². The molecule has 5 nitrogen and oxygen atoms in total. The maximum absolute atomic E-state index is 12.7. The summed E-state index contributed by atoms with van der Waals surface area (Å²) < 4.78 is 0. The summed E-state index contributed by atoms with van der Waals surface area (Å²) in [6.07, 6.45) is 5.33. The van der Waals surface area contributed by atoms with Crippen LogP contribution in [0.3, 0.4) is 0 Å². The molecule has 1 saturated carbocycles. The van der Waals surface area contributed by atoms with E-state index in [1.807, 2.05) is 18.7 Å². The van der Waals surface area contributed by atoms with Crippen molar-refractivity contribution in [3.63, 3.8) is 0 Å². The Morgan fingerprint density at radius 3 is 2.68 bits per heavy atom. The first kappa shape index (κ1) is 17.3. The first-order valence-electron chi connectivity index (χ1n) is 8.79. The second-order valence-corrected chi connectivity index (χ2v) is 7.23. The molecule has 0 bridgehead atoms. The van der Waals surface area contributed by atoms with E-state index in [9.17, 15) is 9.59 Å². The Hall–Kier alpha value is -1.10. The number of hydrogen-bond acceptors (Lipinski definition) is 3. The van der Waals surface area contributed by atoms with Crippen LogP contribution >= 0.6 is 0 Å². The van der Waals surface area contributed by atoms with Gasteiger partial charge in [0.25, 0.3) is 0 Å². The van der Waals surface area contributed by atoms with Crippen LogP contribution in [0.15, 0.2) is 0 Å². The van der Waals surface area contributed by atoms with E-state index in [-0.39, 0.29) is 17.7 Å². The Balaban J connectivity index is 1.84. The molecule has 3 atom stereocenters. The minimum Gasteiger partial charge on any atom is -0.356 e. The van der Waals surface area contributed by atoms with Crippen LogP contribution in [0.25, 0.3) is 0 Å². The lowest BCUT2D eigenvalue weighted by Crippen LogP contribution is -2.47. The van der Waals surface area contributed by atoms with Gasteiger partial charge >= 0.3 is 0 Å². The fourth-order valence-corrected chi connectivity index (χ4v) is 3.76. The summed E-state index contributed by atoms with van der Waals surface area (Å²) in [6.45, 7) is 6.76. The number of likely N-dealkylation sites (tertiary alicyclic amines) is 1. The third-order valence-electron chi connectivity index (χ3n) is 5.20. The van der Waals surface area contributed by atoms with E-state index >= 15 is 0 Å². The lowest BCUT2D eigenvalue weighted by molar-refractivity contribution is -0.138. The third kappa shape index (κ3) is 4.22. The summed E-state index contributed by atoms with van der Waals surface area (Å²) in [5.74, 6) is 1.31. The summed E-state index contributed by atoms with van der Waals surface area (Å²) in [6, 6.07) is 0. The average molecular weight is 309 g/mol. The van der Waals surface area contributed by atoms with Gasteiger partial charge in [-0.3, -0.25) is 9.59 Å². The Morgan fingerprint density at radius 1 is 1.23 bits per heavy atom. The molecule has 0 aromatic rings. The molecule has 1 heterocycles. The van der Waals surface area contributed by atoms with Crippen LogP contribution in [0.5, 0.6) is 0 Å². The van der Waals surface area contributed by atoms with E-state index in [4.69, 9.17) is 5.73 Å². The van der Waals surface area contributed by atoms with Crippen molar-refractivity contribution in [1.29, 1.82) is 0 Å². The van der Waals surface area contributed by atoms with Gasteiger partial charge in [-0.2, -0.15) is 0 Å². The second kappa shape index (κ2) is 7.95. The zero-order valence-corrected chi connectivity index (χ0v) is 14.0. The number of carbonyl (C=O) groups excluding carboxylic acids is 2. The SMILES string of the molecule is CC(C)C(=O)NCC1CCCN(C(=O)[C@@H]2CCC[C@@H]2CN)C1. The van der Waals surface area contributed by atoms with E-state index in [1.54, 1.807) is 0 Å². The van der Waals surface area contributed by atoms with Crippen LogP contribution in [-0.2, 0) is 9.59 Å². The van der Waals surface area contributed by atoms with Crippen molar-refractivity contribution in [3.8, 4) is 0 Å². The van der Waals surface area contributed by atoms with Crippen molar-refractivity contribution in [2.24, 2.45) is 29.4 Å². The maximum Gasteiger partial charge on any atom is 0.226 e. The first-order valence-corrected chi connectivity index (χ1v) is 8.79. The Morgan fingerprint density at radius 2 is 2.00 bits per heavy atom. The number of rotatable bonds is 5. The van der Waals surface area contributed by atoms with Crippen LogP contribution < -0.4 is 11.1 Å². The molecule has 2 fully saturated rings. The Bertz CT molecular complexity index is 397. The molecule has 126 valence electrons. The first-order chi connectivity index (χ1) is 10.5. The van der Waals surface area contributed by atoms with E-state index in [1.165, 1.54) is 0 Å². The topological polar surface area (TPSA) is 75.4 Å². The lowest BCUT2D eigenvalue weighted by Gasteiger charge is -2.35. The molecule has 0 spiro atoms. The van der Waals surface area contributed by atoms with E-state index < -0.39 is 0 Å². The Labute approximate surface area is 134 Å². The van der Waals surface area contributed by atoms with Crippen molar-refractivity contribution in [3.05, 3.63) is 0 Å². The van der Waals surface area contributed by atoms with Gasteiger partial charge in [-0.1, -0.05) is 20.3 Å². The molecule has 2 amide bonds. The van der Waals surface area contributed by atoms with Gasteiger partial charge in [0.15, 0.2) is 0 Å². The molecular weight excluding hydrogens is 278 g/mol. The number of carbonyl (C=O) groups is 2. The summed E-state index contributed by atoms with van der Waals surface area (Å²) in [5.41, 5.74) is 5.81. The standard InChI is InChI=1S/C17H31N3O2/c1-12(2)16(21)19-10-13-5-4-8-20(11-13)17(22)15-7-3-6-14(15)9-18/h12-15H,3-11,18H2,1-2H3,(H,19,21)/t13?,14-,15-/m1/s1. The summed E-state index contributed by atoms with van der Waals surface area (Å²) in [5, 5.41) is 3.00. The minimum absolute atomic E-state index is 0.0186. The number of nitrogens with one attached hydrogen (secondary N) is 1. The Kier molecular flexibility index (Phi) is 6.24. The number of nitrogens with zero attached hydrogens (tertiary/aromatic N) is 1. The molecular formula is C17H31N3O2. The molecule has 22 heavy (non-hydrogen) atoms. The summed E-state index contributed by atoms with van der Waals surface area (Å²) in [4.78, 5) is 26.5. The molecule has 1 saturated heterocycles. The molecule has 0 aromatic carbocycles. The largest absolute Gasteiger partial charge is 0.356 e. The maximum atomic E-state index is 12.7. The molecule has 1 aliphatic carbocycles. The number of nitrogens with two attached hydrogens (primary N) is 1. The fourth-order valence-electron chi connectivity index (χ4n) is 3.76. The highest BCUT2D eigenvalue weighted by atomic mass is 16.2. The molecule has 2 rings (SSSR count). The van der Waals surface area contributed by atoms with Gasteiger partial charge in [0, 0.05) is 31.5 Å². The van der Waals surface area contributed by atoms with E-state index in [0.717, 1.165) is 45.2 Å². The van der Waals surface area contributed by atoms with Crippen molar-refractivity contribution < 1.29 is 9.59 Å². The van der Waals surface area contributed by atoms with Crippen molar-refractivity contribution in [1.82, 2.24) is 10.2 Å². The zero-order chi connectivity index (χ0) is 16.1. The molecule has 1 aliphatic heterocycles. The van der Waals surface area contributed by atoms with Gasteiger partial charge in [0.1, 0.15) is 0 Å². The van der Waals surface area contributed by atoms with Gasteiger partial charge in [0.05, 0.1) is 0 Å². The van der Waals surface area contributed by atoms with E-state index in [0.29, 0.717) is 30.8 Å². The van der Waals surface area contributed by atoms with Crippen molar-refractivity contribution >= 4 is 11.8 Å². The average Bonchev–Trinajstić information content (AvgIpc) is 3.00. The number of piperidine rings is 1. The zero-order valence-electron chi connectivity index (χ0n) is 14.0.